The predicted octanol–water partition coefficient (Wildman–Crippen LogP) is 4.85. The van der Waals surface area contributed by atoms with E-state index in [4.69, 9.17) is 26.4 Å². The van der Waals surface area contributed by atoms with E-state index >= 15 is 0 Å². The molecule has 8 nitrogen and oxygen atoms in total. The fourth-order valence-corrected chi connectivity index (χ4v) is 5.01. The summed E-state index contributed by atoms with van der Waals surface area (Å²) in [6.45, 7) is 0. The Morgan fingerprint density at radius 1 is 0.973 bits per heavy atom. The van der Waals surface area contributed by atoms with Gasteiger partial charge >= 0.3 is 5.97 Å². The number of benzene rings is 2. The second-order valence-electron chi connectivity index (χ2n) is 8.38. The van der Waals surface area contributed by atoms with Gasteiger partial charge in [-0.3, -0.25) is 4.98 Å². The van der Waals surface area contributed by atoms with Gasteiger partial charge in [-0.1, -0.05) is 12.1 Å². The molecule has 5 rings (SSSR count). The van der Waals surface area contributed by atoms with Gasteiger partial charge in [-0.15, -0.1) is 0 Å². The average Bonchev–Trinajstić information content (AvgIpc) is 3.57. The molecule has 1 aliphatic heterocycles. The lowest BCUT2D eigenvalue weighted by Crippen LogP contribution is -2.30. The molecule has 37 heavy (non-hydrogen) atoms. The van der Waals surface area contributed by atoms with Gasteiger partial charge in [0.25, 0.3) is 0 Å². The van der Waals surface area contributed by atoms with Crippen LogP contribution in [0.4, 0.5) is 5.69 Å². The highest BCUT2D eigenvalue weighted by Gasteiger charge is 2.43. The quantitative estimate of drug-likeness (QED) is 0.277. The zero-order chi connectivity index (χ0) is 25.9. The van der Waals surface area contributed by atoms with E-state index in [2.05, 4.69) is 10.3 Å². The van der Waals surface area contributed by atoms with Crippen LogP contribution in [-0.4, -0.2) is 42.0 Å². The first-order valence-corrected chi connectivity index (χ1v) is 12.0. The molecule has 0 bridgehead atoms. The molecule has 2 aromatic heterocycles. The van der Waals surface area contributed by atoms with Crippen LogP contribution in [0.2, 0.25) is 0 Å². The zero-order valence-corrected chi connectivity index (χ0v) is 21.4. The van der Waals surface area contributed by atoms with Crippen LogP contribution in [0, 0.1) is 0 Å². The van der Waals surface area contributed by atoms with Crippen molar-refractivity contribution in [3.63, 3.8) is 0 Å². The van der Waals surface area contributed by atoms with Crippen LogP contribution in [0.1, 0.15) is 33.8 Å². The Morgan fingerprint density at radius 3 is 2.57 bits per heavy atom. The molecule has 1 fully saturated rings. The number of aromatic nitrogens is 2. The van der Waals surface area contributed by atoms with E-state index in [-0.39, 0.29) is 12.1 Å². The molecule has 0 amide bonds. The molecular weight excluding hydrogens is 488 g/mol. The van der Waals surface area contributed by atoms with Crippen LogP contribution in [-0.2, 0) is 4.74 Å². The second kappa shape index (κ2) is 10.3. The third-order valence-electron chi connectivity index (χ3n) is 6.37. The first kappa shape index (κ1) is 24.3. The molecule has 2 atom stereocenters. The monoisotopic (exact) mass is 514 g/mol. The minimum Gasteiger partial charge on any atom is -0.497 e. The lowest BCUT2D eigenvalue weighted by molar-refractivity contribution is 0.0600. The second-order valence-corrected chi connectivity index (χ2v) is 8.77. The SMILES string of the molecule is COC(=O)c1cccc(-n2cccc2[C@H]2[C@@H](c3ccccn3)NC(=S)N2c2ccc(OC)cc2OC)c1. The molecule has 0 saturated carbocycles. The summed E-state index contributed by atoms with van der Waals surface area (Å²) < 4.78 is 18.1. The summed E-state index contributed by atoms with van der Waals surface area (Å²) in [6, 6.07) is 22.3. The van der Waals surface area contributed by atoms with Gasteiger partial charge in [-0.25, -0.2) is 4.79 Å². The Balaban J connectivity index is 1.67. The number of nitrogens with zero attached hydrogens (tertiary/aromatic N) is 3. The number of carbonyl (C=O) groups is 1. The molecule has 2 aromatic carbocycles. The van der Waals surface area contributed by atoms with Crippen LogP contribution in [0.5, 0.6) is 11.5 Å². The molecule has 1 saturated heterocycles. The number of anilines is 1. The van der Waals surface area contributed by atoms with E-state index < -0.39 is 5.97 Å². The maximum Gasteiger partial charge on any atom is 0.337 e. The summed E-state index contributed by atoms with van der Waals surface area (Å²) in [4.78, 5) is 18.9. The molecule has 4 aromatic rings. The summed E-state index contributed by atoms with van der Waals surface area (Å²) in [5.41, 5.74) is 3.88. The maximum atomic E-state index is 12.2. The summed E-state index contributed by atoms with van der Waals surface area (Å²) >= 11 is 5.88. The summed E-state index contributed by atoms with van der Waals surface area (Å²) in [6.07, 6.45) is 3.73. The number of hydrogen-bond acceptors (Lipinski definition) is 6. The van der Waals surface area contributed by atoms with Crippen molar-refractivity contribution in [2.75, 3.05) is 26.2 Å². The number of hydrogen-bond donors (Lipinski definition) is 1. The van der Waals surface area contributed by atoms with Gasteiger partial charge in [0.1, 0.15) is 17.5 Å². The third kappa shape index (κ3) is 4.49. The van der Waals surface area contributed by atoms with Crippen molar-refractivity contribution in [1.29, 1.82) is 0 Å². The van der Waals surface area contributed by atoms with Gasteiger partial charge in [0.05, 0.1) is 44.3 Å². The summed E-state index contributed by atoms with van der Waals surface area (Å²) in [7, 11) is 4.61. The lowest BCUT2D eigenvalue weighted by Gasteiger charge is -2.30. The minimum absolute atomic E-state index is 0.252. The number of ether oxygens (including phenoxy) is 3. The molecule has 1 N–H and O–H groups in total. The minimum atomic E-state index is -0.393. The Morgan fingerprint density at radius 2 is 1.84 bits per heavy atom. The topological polar surface area (TPSA) is 77.9 Å². The smallest absolute Gasteiger partial charge is 0.337 e. The van der Waals surface area contributed by atoms with E-state index in [1.54, 1.807) is 26.5 Å². The van der Waals surface area contributed by atoms with E-state index in [0.717, 1.165) is 22.8 Å². The Labute approximate surface area is 220 Å². The average molecular weight is 515 g/mol. The Hall–Kier alpha value is -4.37. The van der Waals surface area contributed by atoms with Crippen molar-refractivity contribution in [2.24, 2.45) is 0 Å². The molecule has 0 unspecified atom stereocenters. The standard InChI is InChI=1S/C28H26N4O4S/c1-34-20-12-13-22(24(17-20)35-2)32-26(25(30-28(32)37)21-10-4-5-14-29-21)23-11-7-15-31(23)19-9-6-8-18(16-19)27(33)36-3/h4-17,25-26H,1-3H3,(H,30,37)/t25-,26+/m1/s1. The van der Waals surface area contributed by atoms with Gasteiger partial charge in [-0.05, 0) is 66.8 Å². The third-order valence-corrected chi connectivity index (χ3v) is 6.69. The highest BCUT2D eigenvalue weighted by atomic mass is 32.1. The summed E-state index contributed by atoms with van der Waals surface area (Å²) in [5, 5.41) is 4.02. The number of thiocarbonyl (C=S) groups is 1. The summed E-state index contributed by atoms with van der Waals surface area (Å²) in [5.74, 6) is 0.913. The van der Waals surface area contributed by atoms with E-state index in [1.165, 1.54) is 7.11 Å². The first-order valence-electron chi connectivity index (χ1n) is 11.6. The Kier molecular flexibility index (Phi) is 6.78. The lowest BCUT2D eigenvalue weighted by atomic mass is 10.0. The maximum absolute atomic E-state index is 12.2. The van der Waals surface area contributed by atoms with Crippen LogP contribution >= 0.6 is 12.2 Å². The highest BCUT2D eigenvalue weighted by Crippen LogP contribution is 2.45. The highest BCUT2D eigenvalue weighted by molar-refractivity contribution is 7.80. The molecule has 1 aliphatic rings. The molecule has 0 spiro atoms. The van der Waals surface area contributed by atoms with Crippen molar-refractivity contribution >= 4 is 29.0 Å². The van der Waals surface area contributed by atoms with Crippen molar-refractivity contribution < 1.29 is 19.0 Å². The van der Waals surface area contributed by atoms with Crippen molar-refractivity contribution in [3.8, 4) is 17.2 Å². The van der Waals surface area contributed by atoms with E-state index in [9.17, 15) is 4.79 Å². The molecule has 3 heterocycles. The molecular formula is C28H26N4O4S. The first-order chi connectivity index (χ1) is 18.0. The largest absolute Gasteiger partial charge is 0.497 e. The van der Waals surface area contributed by atoms with Crippen molar-refractivity contribution in [2.45, 2.75) is 12.1 Å². The van der Waals surface area contributed by atoms with Gasteiger partial charge in [0, 0.05) is 29.8 Å². The van der Waals surface area contributed by atoms with Crippen LogP contribution in [0.3, 0.4) is 0 Å². The molecule has 9 heteroatoms. The van der Waals surface area contributed by atoms with Gasteiger partial charge in [-0.2, -0.15) is 0 Å². The van der Waals surface area contributed by atoms with E-state index in [1.807, 2.05) is 82.4 Å². The fourth-order valence-electron chi connectivity index (χ4n) is 4.67. The molecule has 0 aliphatic carbocycles. The van der Waals surface area contributed by atoms with Gasteiger partial charge < -0.3 is 29.0 Å². The number of rotatable bonds is 7. The molecule has 0 radical (unpaired) electrons. The predicted molar refractivity (Wildman–Crippen MR) is 145 cm³/mol. The fraction of sp³-hybridized carbons (Fsp3) is 0.179. The molecule has 188 valence electrons. The number of carbonyl (C=O) groups excluding carboxylic acids is 1. The number of pyridine rings is 1. The van der Waals surface area contributed by atoms with Crippen molar-refractivity contribution in [1.82, 2.24) is 14.9 Å². The van der Waals surface area contributed by atoms with Crippen molar-refractivity contribution in [3.05, 3.63) is 102 Å². The Bertz CT molecular complexity index is 1440. The van der Waals surface area contributed by atoms with E-state index in [0.29, 0.717) is 22.2 Å². The van der Waals surface area contributed by atoms with Crippen LogP contribution < -0.4 is 19.7 Å². The van der Waals surface area contributed by atoms with Crippen LogP contribution in [0.15, 0.2) is 85.2 Å². The number of esters is 1. The van der Waals surface area contributed by atoms with Crippen LogP contribution in [0.25, 0.3) is 5.69 Å². The number of nitrogens with one attached hydrogen (secondary N) is 1. The number of methoxy groups -OCH3 is 3. The normalized spacial score (nSPS) is 16.8. The van der Waals surface area contributed by atoms with Gasteiger partial charge in [0.15, 0.2) is 5.11 Å². The zero-order valence-electron chi connectivity index (χ0n) is 20.6. The van der Waals surface area contributed by atoms with Gasteiger partial charge in [0.2, 0.25) is 0 Å².